The topological polar surface area (TPSA) is 73.1 Å². The smallest absolute Gasteiger partial charge is 0.407 e. The number of piperidine rings is 1. The Labute approximate surface area is 103 Å². The summed E-state index contributed by atoms with van der Waals surface area (Å²) in [6.07, 6.45) is -0.282. The molecule has 1 saturated heterocycles. The van der Waals surface area contributed by atoms with Crippen LogP contribution >= 0.6 is 0 Å². The van der Waals surface area contributed by atoms with E-state index in [2.05, 4.69) is 5.16 Å². The van der Waals surface area contributed by atoms with Gasteiger partial charge in [-0.25, -0.2) is 9.18 Å². The summed E-state index contributed by atoms with van der Waals surface area (Å²) in [5, 5.41) is 21.1. The quantitative estimate of drug-likeness (QED) is 0.595. The maximum atomic E-state index is 12.9. The molecule has 0 aromatic heterocycles. The van der Waals surface area contributed by atoms with Gasteiger partial charge in [-0.15, -0.1) is 0 Å². The molecule has 0 bridgehead atoms. The molecule has 0 unspecified atom stereocenters. The lowest BCUT2D eigenvalue weighted by atomic mass is 9.94. The van der Waals surface area contributed by atoms with Crippen LogP contribution in [-0.2, 0) is 0 Å². The number of hydrogen-bond acceptors (Lipinski definition) is 3. The number of carbonyl (C=O) groups is 1. The molecule has 2 rings (SSSR count). The molecule has 2 N–H and O–H groups in total. The number of oxime groups is 1. The van der Waals surface area contributed by atoms with Crippen molar-refractivity contribution in [2.75, 3.05) is 6.54 Å². The fourth-order valence-corrected chi connectivity index (χ4v) is 2.14. The lowest BCUT2D eigenvalue weighted by molar-refractivity contribution is 0.121. The maximum absolute atomic E-state index is 12.9. The van der Waals surface area contributed by atoms with Crippen LogP contribution in [-0.4, -0.2) is 33.6 Å². The Morgan fingerprint density at radius 1 is 1.39 bits per heavy atom. The highest BCUT2D eigenvalue weighted by Crippen LogP contribution is 2.29. The van der Waals surface area contributed by atoms with E-state index in [0.29, 0.717) is 24.1 Å². The molecular weight excluding hydrogens is 239 g/mol. The van der Waals surface area contributed by atoms with Crippen molar-refractivity contribution in [2.24, 2.45) is 5.16 Å². The van der Waals surface area contributed by atoms with E-state index in [1.165, 1.54) is 17.0 Å². The molecule has 0 spiro atoms. The zero-order chi connectivity index (χ0) is 13.1. The van der Waals surface area contributed by atoms with Crippen LogP contribution in [0, 0.1) is 5.82 Å². The van der Waals surface area contributed by atoms with E-state index < -0.39 is 12.1 Å². The summed E-state index contributed by atoms with van der Waals surface area (Å²) in [4.78, 5) is 12.4. The van der Waals surface area contributed by atoms with Crippen molar-refractivity contribution < 1.29 is 19.5 Å². The number of benzene rings is 1. The van der Waals surface area contributed by atoms with Gasteiger partial charge in [0.15, 0.2) is 0 Å². The summed E-state index contributed by atoms with van der Waals surface area (Å²) in [5.41, 5.74) is 1.25. The third-order valence-electron chi connectivity index (χ3n) is 3.09. The second kappa shape index (κ2) is 5.03. The summed E-state index contributed by atoms with van der Waals surface area (Å²) in [5.74, 6) is -0.368. The van der Waals surface area contributed by atoms with Crippen molar-refractivity contribution in [3.05, 3.63) is 35.6 Å². The average Bonchev–Trinajstić information content (AvgIpc) is 2.38. The first kappa shape index (κ1) is 12.3. The minimum absolute atomic E-state index is 0.275. The number of hydrogen-bond donors (Lipinski definition) is 2. The van der Waals surface area contributed by atoms with Gasteiger partial charge in [-0.2, -0.15) is 0 Å². The maximum Gasteiger partial charge on any atom is 0.407 e. The van der Waals surface area contributed by atoms with Crippen molar-refractivity contribution in [3.8, 4) is 0 Å². The SMILES string of the molecule is O=C(O)N1CC/C(=N\O)C[C@@H]1c1ccc(F)cc1. The molecule has 1 fully saturated rings. The highest BCUT2D eigenvalue weighted by molar-refractivity contribution is 5.87. The van der Waals surface area contributed by atoms with Gasteiger partial charge in [0.2, 0.25) is 0 Å². The van der Waals surface area contributed by atoms with Crippen molar-refractivity contribution in [2.45, 2.75) is 18.9 Å². The fraction of sp³-hybridized carbons (Fsp3) is 0.333. The Bertz CT molecular complexity index is 473. The van der Waals surface area contributed by atoms with Gasteiger partial charge in [-0.05, 0) is 17.7 Å². The van der Waals surface area contributed by atoms with E-state index in [9.17, 15) is 9.18 Å². The van der Waals surface area contributed by atoms with Gasteiger partial charge >= 0.3 is 6.09 Å². The third kappa shape index (κ3) is 2.42. The molecule has 1 aliphatic heterocycles. The Kier molecular flexibility index (Phi) is 3.45. The highest BCUT2D eigenvalue weighted by Gasteiger charge is 2.30. The Hall–Kier alpha value is -2.11. The molecule has 0 aliphatic carbocycles. The molecule has 1 aromatic rings. The molecule has 5 nitrogen and oxygen atoms in total. The predicted octanol–water partition coefficient (Wildman–Crippen LogP) is 2.47. The van der Waals surface area contributed by atoms with Crippen LogP contribution in [0.5, 0.6) is 0 Å². The van der Waals surface area contributed by atoms with Gasteiger partial charge in [-0.3, -0.25) is 0 Å². The van der Waals surface area contributed by atoms with Crippen molar-refractivity contribution in [3.63, 3.8) is 0 Å². The van der Waals surface area contributed by atoms with Crippen LogP contribution < -0.4 is 0 Å². The zero-order valence-corrected chi connectivity index (χ0v) is 9.58. The van der Waals surface area contributed by atoms with Gasteiger partial charge in [0.25, 0.3) is 0 Å². The van der Waals surface area contributed by atoms with Gasteiger partial charge in [-0.1, -0.05) is 17.3 Å². The first-order valence-electron chi connectivity index (χ1n) is 5.56. The molecule has 1 aromatic carbocycles. The lowest BCUT2D eigenvalue weighted by Crippen LogP contribution is -2.40. The van der Waals surface area contributed by atoms with Crippen LogP contribution in [0.15, 0.2) is 29.4 Å². The molecule has 1 heterocycles. The molecule has 0 saturated carbocycles. The minimum Gasteiger partial charge on any atom is -0.465 e. The highest BCUT2D eigenvalue weighted by atomic mass is 19.1. The number of amides is 1. The standard InChI is InChI=1S/C12H13FN2O3/c13-9-3-1-8(2-4-9)11-7-10(14-18)5-6-15(11)12(16)17/h1-4,11,18H,5-7H2,(H,16,17)/b14-10+/t11-/m1/s1. The average molecular weight is 252 g/mol. The van der Waals surface area contributed by atoms with Crippen LogP contribution in [0.3, 0.4) is 0 Å². The summed E-state index contributed by atoms with van der Waals surface area (Å²) < 4.78 is 12.9. The van der Waals surface area contributed by atoms with Crippen LogP contribution in [0.1, 0.15) is 24.4 Å². The monoisotopic (exact) mass is 252 g/mol. The molecule has 1 amide bonds. The minimum atomic E-state index is -1.03. The summed E-state index contributed by atoms with van der Waals surface area (Å²) in [7, 11) is 0. The molecule has 0 radical (unpaired) electrons. The van der Waals surface area contributed by atoms with Crippen molar-refractivity contribution in [1.82, 2.24) is 4.90 Å². The van der Waals surface area contributed by atoms with Crippen LogP contribution in [0.25, 0.3) is 0 Å². The Balaban J connectivity index is 2.29. The number of likely N-dealkylation sites (tertiary alicyclic amines) is 1. The molecule has 18 heavy (non-hydrogen) atoms. The lowest BCUT2D eigenvalue weighted by Gasteiger charge is -2.34. The fourth-order valence-electron chi connectivity index (χ4n) is 2.14. The predicted molar refractivity (Wildman–Crippen MR) is 62.3 cm³/mol. The van der Waals surface area contributed by atoms with Crippen molar-refractivity contribution in [1.29, 1.82) is 0 Å². The van der Waals surface area contributed by atoms with E-state index in [1.54, 1.807) is 12.1 Å². The molecular formula is C12H13FN2O3. The van der Waals surface area contributed by atoms with E-state index in [0.717, 1.165) is 0 Å². The zero-order valence-electron chi connectivity index (χ0n) is 9.58. The Morgan fingerprint density at radius 3 is 2.61 bits per heavy atom. The second-order valence-corrected chi connectivity index (χ2v) is 4.16. The van der Waals surface area contributed by atoms with Crippen LogP contribution in [0.4, 0.5) is 9.18 Å². The van der Waals surface area contributed by atoms with E-state index in [4.69, 9.17) is 10.3 Å². The molecule has 96 valence electrons. The van der Waals surface area contributed by atoms with Gasteiger partial charge in [0.05, 0.1) is 11.8 Å². The van der Waals surface area contributed by atoms with Gasteiger partial charge in [0.1, 0.15) is 5.82 Å². The molecule has 1 aliphatic rings. The van der Waals surface area contributed by atoms with Gasteiger partial charge < -0.3 is 15.2 Å². The number of rotatable bonds is 1. The summed E-state index contributed by atoms with van der Waals surface area (Å²) in [6.45, 7) is 0.275. The third-order valence-corrected chi connectivity index (χ3v) is 3.09. The Morgan fingerprint density at radius 2 is 2.06 bits per heavy atom. The summed E-state index contributed by atoms with van der Waals surface area (Å²) >= 11 is 0. The first-order chi connectivity index (χ1) is 8.61. The number of halogens is 1. The van der Waals surface area contributed by atoms with E-state index in [-0.39, 0.29) is 12.4 Å². The van der Waals surface area contributed by atoms with Crippen LogP contribution in [0.2, 0.25) is 0 Å². The number of carboxylic acid groups (broad SMARTS) is 1. The molecule has 6 heteroatoms. The van der Waals surface area contributed by atoms with Gasteiger partial charge in [0, 0.05) is 19.4 Å². The second-order valence-electron chi connectivity index (χ2n) is 4.16. The summed E-state index contributed by atoms with van der Waals surface area (Å²) in [6, 6.07) is 5.26. The van der Waals surface area contributed by atoms with E-state index >= 15 is 0 Å². The molecule has 1 atom stereocenters. The van der Waals surface area contributed by atoms with Crippen molar-refractivity contribution >= 4 is 11.8 Å². The first-order valence-corrected chi connectivity index (χ1v) is 5.56. The largest absolute Gasteiger partial charge is 0.465 e. The number of nitrogens with zero attached hydrogens (tertiary/aromatic N) is 2. The normalized spacial score (nSPS) is 22.2. The van der Waals surface area contributed by atoms with E-state index in [1.807, 2.05) is 0 Å².